The zero-order valence-corrected chi connectivity index (χ0v) is 9.24. The molecular formula is C12H10BrN. The number of benzene rings is 1. The second-order valence-electron chi connectivity index (χ2n) is 3.05. The van der Waals surface area contributed by atoms with E-state index in [9.17, 15) is 0 Å². The van der Waals surface area contributed by atoms with Crippen LogP contribution in [0.2, 0.25) is 0 Å². The molecule has 0 spiro atoms. The molecule has 2 heteroatoms. The molecule has 0 saturated carbocycles. The lowest BCUT2D eigenvalue weighted by Crippen LogP contribution is -1.85. The van der Waals surface area contributed by atoms with Gasteiger partial charge in [0.1, 0.15) is 0 Å². The summed E-state index contributed by atoms with van der Waals surface area (Å²) in [6.07, 6.45) is 1.85. The zero-order valence-electron chi connectivity index (χ0n) is 7.65. The first kappa shape index (κ1) is 9.41. The van der Waals surface area contributed by atoms with Crippen molar-refractivity contribution >= 4 is 15.9 Å². The molecule has 1 heterocycles. The lowest BCUT2D eigenvalue weighted by atomic mass is 10.1. The molecule has 0 saturated heterocycles. The van der Waals surface area contributed by atoms with Crippen LogP contribution in [-0.4, -0.2) is 4.98 Å². The molecule has 0 aliphatic carbocycles. The van der Waals surface area contributed by atoms with Crippen molar-refractivity contribution in [1.82, 2.24) is 4.98 Å². The fourth-order valence-corrected chi connectivity index (χ4v) is 1.67. The highest BCUT2D eigenvalue weighted by molar-refractivity contribution is 9.08. The van der Waals surface area contributed by atoms with Crippen LogP contribution in [0.25, 0.3) is 11.3 Å². The number of hydrogen-bond acceptors (Lipinski definition) is 1. The van der Waals surface area contributed by atoms with Crippen LogP contribution in [0.5, 0.6) is 0 Å². The molecule has 1 nitrogen and oxygen atoms in total. The van der Waals surface area contributed by atoms with E-state index in [2.05, 4.69) is 39.1 Å². The Morgan fingerprint density at radius 3 is 2.57 bits per heavy atom. The summed E-state index contributed by atoms with van der Waals surface area (Å²) in [5.74, 6) is 0. The summed E-state index contributed by atoms with van der Waals surface area (Å²) in [6.45, 7) is 0. The third-order valence-electron chi connectivity index (χ3n) is 2.05. The summed E-state index contributed by atoms with van der Waals surface area (Å²) in [5.41, 5.74) is 3.44. The second kappa shape index (κ2) is 4.38. The molecule has 2 rings (SSSR count). The van der Waals surface area contributed by atoms with Crippen LogP contribution in [-0.2, 0) is 5.33 Å². The lowest BCUT2D eigenvalue weighted by molar-refractivity contribution is 1.28. The molecule has 0 N–H and O–H groups in total. The SMILES string of the molecule is BrCc1ccnc(-c2ccccc2)c1. The molecule has 0 aliphatic rings. The molecule has 0 atom stereocenters. The van der Waals surface area contributed by atoms with Gasteiger partial charge >= 0.3 is 0 Å². The Balaban J connectivity index is 2.42. The van der Waals surface area contributed by atoms with Crippen molar-refractivity contribution in [2.24, 2.45) is 0 Å². The Hall–Kier alpha value is -1.15. The number of rotatable bonds is 2. The summed E-state index contributed by atoms with van der Waals surface area (Å²) in [7, 11) is 0. The molecule has 0 radical (unpaired) electrons. The van der Waals surface area contributed by atoms with E-state index in [1.54, 1.807) is 0 Å². The van der Waals surface area contributed by atoms with Gasteiger partial charge in [0, 0.05) is 17.1 Å². The molecule has 0 bridgehead atoms. The molecule has 0 aliphatic heterocycles. The molecule has 1 aromatic carbocycles. The Morgan fingerprint density at radius 2 is 1.86 bits per heavy atom. The molecule has 14 heavy (non-hydrogen) atoms. The van der Waals surface area contributed by atoms with Crippen LogP contribution < -0.4 is 0 Å². The van der Waals surface area contributed by atoms with Gasteiger partial charge in [-0.1, -0.05) is 46.3 Å². The van der Waals surface area contributed by atoms with Crippen LogP contribution in [0, 0.1) is 0 Å². The fraction of sp³-hybridized carbons (Fsp3) is 0.0833. The van der Waals surface area contributed by atoms with Crippen molar-refractivity contribution in [3.63, 3.8) is 0 Å². The fourth-order valence-electron chi connectivity index (χ4n) is 1.32. The van der Waals surface area contributed by atoms with Gasteiger partial charge in [0.05, 0.1) is 5.69 Å². The summed E-state index contributed by atoms with van der Waals surface area (Å²) < 4.78 is 0. The maximum atomic E-state index is 4.34. The molecule has 1 aromatic heterocycles. The third kappa shape index (κ3) is 2.02. The van der Waals surface area contributed by atoms with Crippen molar-refractivity contribution in [1.29, 1.82) is 0 Å². The molecule has 0 fully saturated rings. The Labute approximate surface area is 91.9 Å². The van der Waals surface area contributed by atoms with Crippen molar-refractivity contribution in [3.05, 3.63) is 54.2 Å². The highest BCUT2D eigenvalue weighted by Gasteiger charge is 1.98. The second-order valence-corrected chi connectivity index (χ2v) is 3.61. The molecular weight excluding hydrogens is 238 g/mol. The van der Waals surface area contributed by atoms with Gasteiger partial charge in [-0.3, -0.25) is 4.98 Å². The number of alkyl halides is 1. The van der Waals surface area contributed by atoms with E-state index in [1.165, 1.54) is 5.56 Å². The normalized spacial score (nSPS) is 10.1. The van der Waals surface area contributed by atoms with Crippen molar-refractivity contribution in [3.8, 4) is 11.3 Å². The quantitative estimate of drug-likeness (QED) is 0.739. The largest absolute Gasteiger partial charge is 0.256 e. The molecule has 2 aromatic rings. The molecule has 70 valence electrons. The lowest BCUT2D eigenvalue weighted by Gasteiger charge is -2.01. The number of pyridine rings is 1. The average molecular weight is 248 g/mol. The Kier molecular flexibility index (Phi) is 2.94. The zero-order chi connectivity index (χ0) is 9.80. The summed E-state index contributed by atoms with van der Waals surface area (Å²) in [5, 5.41) is 0.870. The summed E-state index contributed by atoms with van der Waals surface area (Å²) in [6, 6.07) is 14.3. The first-order valence-corrected chi connectivity index (χ1v) is 5.58. The summed E-state index contributed by atoms with van der Waals surface area (Å²) in [4.78, 5) is 4.34. The number of hydrogen-bond donors (Lipinski definition) is 0. The highest BCUT2D eigenvalue weighted by Crippen LogP contribution is 2.18. The smallest absolute Gasteiger partial charge is 0.0704 e. The van der Waals surface area contributed by atoms with Gasteiger partial charge in [-0.15, -0.1) is 0 Å². The van der Waals surface area contributed by atoms with Crippen LogP contribution in [0.15, 0.2) is 48.7 Å². The van der Waals surface area contributed by atoms with E-state index in [0.717, 1.165) is 16.6 Å². The topological polar surface area (TPSA) is 12.9 Å². The van der Waals surface area contributed by atoms with Crippen LogP contribution in [0.4, 0.5) is 0 Å². The minimum Gasteiger partial charge on any atom is -0.256 e. The van der Waals surface area contributed by atoms with E-state index in [4.69, 9.17) is 0 Å². The minimum atomic E-state index is 0.870. The van der Waals surface area contributed by atoms with Gasteiger partial charge < -0.3 is 0 Å². The maximum absolute atomic E-state index is 4.34. The standard InChI is InChI=1S/C12H10BrN/c13-9-10-6-7-14-12(8-10)11-4-2-1-3-5-11/h1-8H,9H2. The summed E-state index contributed by atoms with van der Waals surface area (Å²) >= 11 is 3.44. The predicted molar refractivity (Wildman–Crippen MR) is 62.3 cm³/mol. The van der Waals surface area contributed by atoms with E-state index >= 15 is 0 Å². The van der Waals surface area contributed by atoms with Crippen molar-refractivity contribution in [2.75, 3.05) is 0 Å². The monoisotopic (exact) mass is 247 g/mol. The van der Waals surface area contributed by atoms with Crippen LogP contribution in [0.3, 0.4) is 0 Å². The molecule has 0 unspecified atom stereocenters. The number of nitrogens with zero attached hydrogens (tertiary/aromatic N) is 1. The van der Waals surface area contributed by atoms with Gasteiger partial charge in [-0.05, 0) is 17.7 Å². The highest BCUT2D eigenvalue weighted by atomic mass is 79.9. The Morgan fingerprint density at radius 1 is 1.07 bits per heavy atom. The number of aromatic nitrogens is 1. The first-order chi connectivity index (χ1) is 6.90. The average Bonchev–Trinajstić information content (AvgIpc) is 2.30. The van der Waals surface area contributed by atoms with Gasteiger partial charge in [0.15, 0.2) is 0 Å². The predicted octanol–water partition coefficient (Wildman–Crippen LogP) is 3.64. The van der Waals surface area contributed by atoms with Gasteiger partial charge in [0.2, 0.25) is 0 Å². The van der Waals surface area contributed by atoms with E-state index in [1.807, 2.05) is 30.5 Å². The third-order valence-corrected chi connectivity index (χ3v) is 2.70. The van der Waals surface area contributed by atoms with Crippen LogP contribution >= 0.6 is 15.9 Å². The number of halogens is 1. The van der Waals surface area contributed by atoms with E-state index in [0.29, 0.717) is 0 Å². The first-order valence-electron chi connectivity index (χ1n) is 4.46. The minimum absolute atomic E-state index is 0.870. The van der Waals surface area contributed by atoms with Gasteiger partial charge in [-0.2, -0.15) is 0 Å². The van der Waals surface area contributed by atoms with Crippen molar-refractivity contribution < 1.29 is 0 Å². The van der Waals surface area contributed by atoms with Gasteiger partial charge in [-0.25, -0.2) is 0 Å². The van der Waals surface area contributed by atoms with E-state index in [-0.39, 0.29) is 0 Å². The Bertz CT molecular complexity index is 412. The van der Waals surface area contributed by atoms with Crippen molar-refractivity contribution in [2.45, 2.75) is 5.33 Å². The maximum Gasteiger partial charge on any atom is 0.0704 e. The van der Waals surface area contributed by atoms with Crippen LogP contribution in [0.1, 0.15) is 5.56 Å². The van der Waals surface area contributed by atoms with Gasteiger partial charge in [0.25, 0.3) is 0 Å². The van der Waals surface area contributed by atoms with E-state index < -0.39 is 0 Å². The molecule has 0 amide bonds.